The summed E-state index contributed by atoms with van der Waals surface area (Å²) in [7, 11) is 0. The van der Waals surface area contributed by atoms with Crippen molar-refractivity contribution in [2.75, 3.05) is 13.1 Å². The zero-order chi connectivity index (χ0) is 20.2. The van der Waals surface area contributed by atoms with Gasteiger partial charge in [-0.15, -0.1) is 0 Å². The quantitative estimate of drug-likeness (QED) is 0.726. The minimum absolute atomic E-state index is 0.0605. The van der Waals surface area contributed by atoms with Crippen LogP contribution < -0.4 is 11.2 Å². The summed E-state index contributed by atoms with van der Waals surface area (Å²) in [6.07, 6.45) is 3.31. The molecule has 6 heteroatoms. The van der Waals surface area contributed by atoms with Gasteiger partial charge in [-0.05, 0) is 42.9 Å². The maximum Gasteiger partial charge on any atom is 0.328 e. The van der Waals surface area contributed by atoms with Crippen molar-refractivity contribution in [1.82, 2.24) is 14.5 Å². The first-order chi connectivity index (χ1) is 14.1. The Bertz CT molecular complexity index is 1110. The van der Waals surface area contributed by atoms with E-state index in [0.29, 0.717) is 16.8 Å². The van der Waals surface area contributed by atoms with Gasteiger partial charge in [0.1, 0.15) is 0 Å². The Labute approximate surface area is 168 Å². The summed E-state index contributed by atoms with van der Waals surface area (Å²) in [6.45, 7) is 1.79. The average molecular weight is 391 g/mol. The van der Waals surface area contributed by atoms with Crippen LogP contribution in [0.1, 0.15) is 24.8 Å². The van der Waals surface area contributed by atoms with Gasteiger partial charge in [-0.25, -0.2) is 4.79 Å². The Morgan fingerprint density at radius 3 is 2.41 bits per heavy atom. The van der Waals surface area contributed by atoms with Gasteiger partial charge in [0.2, 0.25) is 5.91 Å². The SMILES string of the molecule is O=C(CCn1c(=O)[nH]c(=O)c2ccccc21)N1CCC(Cc2ccccc2)CC1. The van der Waals surface area contributed by atoms with E-state index < -0.39 is 11.2 Å². The second-order valence-electron chi connectivity index (χ2n) is 7.69. The summed E-state index contributed by atoms with van der Waals surface area (Å²) < 4.78 is 1.48. The van der Waals surface area contributed by atoms with E-state index in [1.165, 1.54) is 10.1 Å². The molecule has 2 aromatic carbocycles. The molecule has 0 unspecified atom stereocenters. The first-order valence-corrected chi connectivity index (χ1v) is 10.2. The highest BCUT2D eigenvalue weighted by molar-refractivity contribution is 5.79. The highest BCUT2D eigenvalue weighted by Crippen LogP contribution is 2.22. The van der Waals surface area contributed by atoms with Crippen LogP contribution in [0.4, 0.5) is 0 Å². The molecule has 1 fully saturated rings. The third kappa shape index (κ3) is 4.31. The fourth-order valence-corrected chi connectivity index (χ4v) is 4.16. The molecule has 6 nitrogen and oxygen atoms in total. The van der Waals surface area contributed by atoms with E-state index in [0.717, 1.165) is 32.4 Å². The lowest BCUT2D eigenvalue weighted by Crippen LogP contribution is -2.40. The van der Waals surface area contributed by atoms with Crippen molar-refractivity contribution >= 4 is 16.8 Å². The Balaban J connectivity index is 1.36. The molecule has 29 heavy (non-hydrogen) atoms. The highest BCUT2D eigenvalue weighted by atomic mass is 16.2. The standard InChI is InChI=1S/C23H25N3O3/c27-21(25-13-10-18(11-14-25)16-17-6-2-1-3-7-17)12-15-26-20-9-5-4-8-19(20)22(28)24-23(26)29/h1-9,18H,10-16H2,(H,24,28,29). The fraction of sp³-hybridized carbons (Fsp3) is 0.348. The van der Waals surface area contributed by atoms with Crippen LogP contribution in [0.15, 0.2) is 64.2 Å². The number of amides is 1. The molecule has 150 valence electrons. The molecule has 2 heterocycles. The molecule has 0 saturated carbocycles. The molecule has 4 rings (SSSR count). The van der Waals surface area contributed by atoms with E-state index in [9.17, 15) is 14.4 Å². The highest BCUT2D eigenvalue weighted by Gasteiger charge is 2.23. The minimum Gasteiger partial charge on any atom is -0.343 e. The van der Waals surface area contributed by atoms with Crippen molar-refractivity contribution in [3.8, 4) is 0 Å². The van der Waals surface area contributed by atoms with E-state index in [-0.39, 0.29) is 18.9 Å². The summed E-state index contributed by atoms with van der Waals surface area (Å²) in [6, 6.07) is 17.4. The summed E-state index contributed by atoms with van der Waals surface area (Å²) in [4.78, 5) is 41.1. The number of hydrogen-bond acceptors (Lipinski definition) is 3. The largest absolute Gasteiger partial charge is 0.343 e. The molecule has 0 spiro atoms. The molecule has 3 aromatic rings. The number of aryl methyl sites for hydroxylation is 1. The van der Waals surface area contributed by atoms with Crippen molar-refractivity contribution in [1.29, 1.82) is 0 Å². The van der Waals surface area contributed by atoms with E-state index >= 15 is 0 Å². The molecule has 1 aliphatic heterocycles. The molecular weight excluding hydrogens is 366 g/mol. The maximum atomic E-state index is 12.7. The number of hydrogen-bond donors (Lipinski definition) is 1. The van der Waals surface area contributed by atoms with Gasteiger partial charge in [0, 0.05) is 26.1 Å². The van der Waals surface area contributed by atoms with Crippen molar-refractivity contribution in [3.63, 3.8) is 0 Å². The average Bonchev–Trinajstić information content (AvgIpc) is 2.75. The van der Waals surface area contributed by atoms with Gasteiger partial charge < -0.3 is 4.90 Å². The Hall–Kier alpha value is -3.15. The molecule has 1 aliphatic rings. The summed E-state index contributed by atoms with van der Waals surface area (Å²) >= 11 is 0. The Kier molecular flexibility index (Phi) is 5.60. The number of carbonyl (C=O) groups excluding carboxylic acids is 1. The summed E-state index contributed by atoms with van der Waals surface area (Å²) in [5.41, 5.74) is 1.05. The second-order valence-corrected chi connectivity index (χ2v) is 7.69. The number of para-hydroxylation sites is 1. The van der Waals surface area contributed by atoms with Gasteiger partial charge in [0.05, 0.1) is 10.9 Å². The van der Waals surface area contributed by atoms with Crippen molar-refractivity contribution < 1.29 is 4.79 Å². The topological polar surface area (TPSA) is 75.2 Å². The molecule has 0 aliphatic carbocycles. The third-order valence-electron chi connectivity index (χ3n) is 5.79. The van der Waals surface area contributed by atoms with E-state index in [1.807, 2.05) is 11.0 Å². The van der Waals surface area contributed by atoms with Crippen LogP contribution in [-0.4, -0.2) is 33.4 Å². The normalized spacial score (nSPS) is 15.0. The lowest BCUT2D eigenvalue weighted by atomic mass is 9.90. The predicted octanol–water partition coefficient (Wildman–Crippen LogP) is 2.56. The summed E-state index contributed by atoms with van der Waals surface area (Å²) in [5.74, 6) is 0.664. The number of fused-ring (bicyclic) bond motifs is 1. The van der Waals surface area contributed by atoms with Crippen LogP contribution in [0, 0.1) is 5.92 Å². The van der Waals surface area contributed by atoms with Crippen molar-refractivity contribution in [2.24, 2.45) is 5.92 Å². The predicted molar refractivity (Wildman–Crippen MR) is 113 cm³/mol. The maximum absolute atomic E-state index is 12.7. The zero-order valence-electron chi connectivity index (χ0n) is 16.3. The van der Waals surface area contributed by atoms with Gasteiger partial charge in [0.15, 0.2) is 0 Å². The van der Waals surface area contributed by atoms with Crippen molar-refractivity contribution in [2.45, 2.75) is 32.2 Å². The number of nitrogens with zero attached hydrogens (tertiary/aromatic N) is 2. The van der Waals surface area contributed by atoms with Crippen LogP contribution in [0.2, 0.25) is 0 Å². The van der Waals surface area contributed by atoms with Gasteiger partial charge >= 0.3 is 5.69 Å². The number of aromatic nitrogens is 2. The lowest BCUT2D eigenvalue weighted by molar-refractivity contribution is -0.132. The monoisotopic (exact) mass is 391 g/mol. The fourth-order valence-electron chi connectivity index (χ4n) is 4.16. The van der Waals surface area contributed by atoms with Crippen LogP contribution in [0.5, 0.6) is 0 Å². The number of aromatic amines is 1. The second kappa shape index (κ2) is 8.47. The molecule has 1 aromatic heterocycles. The number of likely N-dealkylation sites (tertiary alicyclic amines) is 1. The number of carbonyl (C=O) groups is 1. The molecular formula is C23H25N3O3. The first kappa shape index (κ1) is 19.2. The van der Waals surface area contributed by atoms with E-state index in [4.69, 9.17) is 0 Å². The Morgan fingerprint density at radius 1 is 0.966 bits per heavy atom. The molecule has 1 saturated heterocycles. The molecule has 0 atom stereocenters. The molecule has 1 amide bonds. The number of rotatable bonds is 5. The van der Waals surface area contributed by atoms with E-state index in [2.05, 4.69) is 29.2 Å². The zero-order valence-corrected chi connectivity index (χ0v) is 16.3. The van der Waals surface area contributed by atoms with Gasteiger partial charge in [-0.3, -0.25) is 19.1 Å². The van der Waals surface area contributed by atoms with Crippen LogP contribution >= 0.6 is 0 Å². The number of nitrogens with one attached hydrogen (secondary N) is 1. The number of H-pyrrole nitrogens is 1. The van der Waals surface area contributed by atoms with E-state index in [1.54, 1.807) is 24.3 Å². The lowest BCUT2D eigenvalue weighted by Gasteiger charge is -2.32. The molecule has 1 N–H and O–H groups in total. The Morgan fingerprint density at radius 2 is 1.66 bits per heavy atom. The van der Waals surface area contributed by atoms with Gasteiger partial charge in [-0.1, -0.05) is 42.5 Å². The summed E-state index contributed by atoms with van der Waals surface area (Å²) in [5, 5.41) is 0.460. The smallest absolute Gasteiger partial charge is 0.328 e. The molecule has 0 bridgehead atoms. The number of benzene rings is 2. The first-order valence-electron chi connectivity index (χ1n) is 10.2. The minimum atomic E-state index is -0.469. The number of piperidine rings is 1. The van der Waals surface area contributed by atoms with Gasteiger partial charge in [0.25, 0.3) is 5.56 Å². The van der Waals surface area contributed by atoms with Gasteiger partial charge in [-0.2, -0.15) is 0 Å². The van der Waals surface area contributed by atoms with Crippen molar-refractivity contribution in [3.05, 3.63) is 81.0 Å². The molecule has 0 radical (unpaired) electrons. The van der Waals surface area contributed by atoms with Crippen LogP contribution in [0.25, 0.3) is 10.9 Å². The van der Waals surface area contributed by atoms with Crippen LogP contribution in [-0.2, 0) is 17.8 Å². The third-order valence-corrected chi connectivity index (χ3v) is 5.79. The van der Waals surface area contributed by atoms with Crippen LogP contribution in [0.3, 0.4) is 0 Å².